The molecule has 3 nitrogen and oxygen atoms in total. The lowest BCUT2D eigenvalue weighted by molar-refractivity contribution is 0.0686. The number of fused-ring (bicyclic) bond motifs is 2. The zero-order chi connectivity index (χ0) is 14.9. The molecule has 1 amide bonds. The molecule has 1 aromatic heterocycles. The highest BCUT2D eigenvalue weighted by atomic mass is 35.5. The van der Waals surface area contributed by atoms with E-state index in [0.29, 0.717) is 12.1 Å². The third kappa shape index (κ3) is 3.03. The number of amides is 1. The van der Waals surface area contributed by atoms with Crippen LogP contribution in [0.4, 0.5) is 0 Å². The minimum absolute atomic E-state index is 0. The van der Waals surface area contributed by atoms with Crippen molar-refractivity contribution < 1.29 is 4.79 Å². The van der Waals surface area contributed by atoms with E-state index in [1.165, 1.54) is 0 Å². The molecule has 1 aromatic carbocycles. The summed E-state index contributed by atoms with van der Waals surface area (Å²) in [6.45, 7) is 1.97. The molecule has 2 aliphatic heterocycles. The highest BCUT2D eigenvalue weighted by Gasteiger charge is 2.39. The summed E-state index contributed by atoms with van der Waals surface area (Å²) in [6, 6.07) is 13.1. The van der Waals surface area contributed by atoms with Gasteiger partial charge >= 0.3 is 0 Å². The molecule has 4 rings (SSSR count). The van der Waals surface area contributed by atoms with E-state index in [9.17, 15) is 4.79 Å². The van der Waals surface area contributed by atoms with E-state index in [4.69, 9.17) is 0 Å². The predicted molar refractivity (Wildman–Crippen MR) is 97.5 cm³/mol. The number of hydrogen-bond acceptors (Lipinski definition) is 3. The molecule has 2 aromatic rings. The molecular weight excluding hydrogens is 328 g/mol. The molecule has 3 heterocycles. The zero-order valence-corrected chi connectivity index (χ0v) is 14.5. The van der Waals surface area contributed by atoms with Gasteiger partial charge in [-0.1, -0.05) is 30.3 Å². The summed E-state index contributed by atoms with van der Waals surface area (Å²) >= 11 is 1.57. The van der Waals surface area contributed by atoms with E-state index in [1.807, 2.05) is 23.6 Å². The van der Waals surface area contributed by atoms with Crippen molar-refractivity contribution in [2.24, 2.45) is 0 Å². The molecule has 5 heteroatoms. The second-order valence-electron chi connectivity index (χ2n) is 6.12. The fourth-order valence-electron chi connectivity index (χ4n) is 3.75. The molecule has 0 saturated carbocycles. The van der Waals surface area contributed by atoms with Gasteiger partial charge in [-0.2, -0.15) is 0 Å². The summed E-state index contributed by atoms with van der Waals surface area (Å²) in [7, 11) is 0. The van der Waals surface area contributed by atoms with Gasteiger partial charge in [0.25, 0.3) is 5.91 Å². The van der Waals surface area contributed by atoms with E-state index in [-0.39, 0.29) is 18.3 Å². The van der Waals surface area contributed by atoms with Crippen molar-refractivity contribution in [1.82, 2.24) is 10.2 Å². The van der Waals surface area contributed by atoms with Gasteiger partial charge in [0.1, 0.15) is 0 Å². The van der Waals surface area contributed by atoms with Crippen LogP contribution in [-0.2, 0) is 0 Å². The first-order valence-electron chi connectivity index (χ1n) is 8.01. The van der Waals surface area contributed by atoms with E-state index in [0.717, 1.165) is 48.4 Å². The van der Waals surface area contributed by atoms with E-state index in [2.05, 4.69) is 28.4 Å². The lowest BCUT2D eigenvalue weighted by Gasteiger charge is -2.27. The van der Waals surface area contributed by atoms with Crippen molar-refractivity contribution in [2.75, 3.05) is 13.1 Å². The molecule has 2 fully saturated rings. The zero-order valence-electron chi connectivity index (χ0n) is 12.9. The summed E-state index contributed by atoms with van der Waals surface area (Å²) in [4.78, 5) is 16.2. The molecule has 2 saturated heterocycles. The van der Waals surface area contributed by atoms with Crippen LogP contribution in [0.15, 0.2) is 41.8 Å². The van der Waals surface area contributed by atoms with Crippen LogP contribution in [0, 0.1) is 0 Å². The first-order valence-corrected chi connectivity index (χ1v) is 8.89. The molecule has 122 valence electrons. The van der Waals surface area contributed by atoms with Gasteiger partial charge in [0, 0.05) is 24.2 Å². The Balaban J connectivity index is 0.00000156. The van der Waals surface area contributed by atoms with Gasteiger partial charge < -0.3 is 10.2 Å². The van der Waals surface area contributed by atoms with Crippen LogP contribution in [0.3, 0.4) is 0 Å². The number of carbonyl (C=O) groups excluding carboxylic acids is 1. The van der Waals surface area contributed by atoms with Crippen LogP contribution in [0.5, 0.6) is 0 Å². The summed E-state index contributed by atoms with van der Waals surface area (Å²) in [6.07, 6.45) is 3.37. The van der Waals surface area contributed by atoms with Gasteiger partial charge in [0.15, 0.2) is 0 Å². The Kier molecular flexibility index (Phi) is 5.05. The minimum atomic E-state index is 0. The van der Waals surface area contributed by atoms with Crippen molar-refractivity contribution in [3.05, 3.63) is 46.7 Å². The SMILES string of the molecule is Cl.O=C(c1sccc1-c1ccccc1)N1C2CCNCC1CC2. The summed E-state index contributed by atoms with van der Waals surface area (Å²) in [5, 5.41) is 5.50. The Morgan fingerprint density at radius 1 is 1.09 bits per heavy atom. The van der Waals surface area contributed by atoms with Crippen molar-refractivity contribution in [3.63, 3.8) is 0 Å². The molecular formula is C18H21ClN2OS. The third-order valence-electron chi connectivity index (χ3n) is 4.83. The van der Waals surface area contributed by atoms with Gasteiger partial charge in [0.05, 0.1) is 4.88 Å². The first kappa shape index (κ1) is 16.5. The molecule has 23 heavy (non-hydrogen) atoms. The topological polar surface area (TPSA) is 32.3 Å². The quantitative estimate of drug-likeness (QED) is 0.895. The normalized spacial score (nSPS) is 23.2. The van der Waals surface area contributed by atoms with E-state index < -0.39 is 0 Å². The Morgan fingerprint density at radius 2 is 1.87 bits per heavy atom. The molecule has 2 bridgehead atoms. The van der Waals surface area contributed by atoms with Crippen LogP contribution in [0.2, 0.25) is 0 Å². The molecule has 1 N–H and O–H groups in total. The fourth-order valence-corrected chi connectivity index (χ4v) is 4.61. The fraction of sp³-hybridized carbons (Fsp3) is 0.389. The number of halogens is 1. The van der Waals surface area contributed by atoms with Gasteiger partial charge in [-0.25, -0.2) is 0 Å². The lowest BCUT2D eigenvalue weighted by Crippen LogP contribution is -2.42. The van der Waals surface area contributed by atoms with Crippen molar-refractivity contribution in [3.8, 4) is 11.1 Å². The highest BCUT2D eigenvalue weighted by Crippen LogP contribution is 2.34. The second-order valence-corrected chi connectivity index (χ2v) is 7.04. The Labute approximate surface area is 147 Å². The van der Waals surface area contributed by atoms with Gasteiger partial charge in [-0.15, -0.1) is 23.7 Å². The maximum Gasteiger partial charge on any atom is 0.265 e. The standard InChI is InChI=1S/C18H20N2OS.ClH/c21-18(20-14-6-7-15(20)12-19-10-8-14)17-16(9-11-22-17)13-4-2-1-3-5-13;/h1-5,9,11,14-15,19H,6-8,10,12H2;1H. The smallest absolute Gasteiger partial charge is 0.265 e. The highest BCUT2D eigenvalue weighted by molar-refractivity contribution is 7.12. The van der Waals surface area contributed by atoms with Crippen LogP contribution in [-0.4, -0.2) is 36.0 Å². The summed E-state index contributed by atoms with van der Waals surface area (Å²) < 4.78 is 0. The Morgan fingerprint density at radius 3 is 2.70 bits per heavy atom. The predicted octanol–water partition coefficient (Wildman–Crippen LogP) is 3.80. The number of nitrogens with zero attached hydrogens (tertiary/aromatic N) is 1. The van der Waals surface area contributed by atoms with Crippen molar-refractivity contribution >= 4 is 29.7 Å². The largest absolute Gasteiger partial charge is 0.331 e. The van der Waals surface area contributed by atoms with Crippen molar-refractivity contribution in [2.45, 2.75) is 31.3 Å². The van der Waals surface area contributed by atoms with Gasteiger partial charge in [-0.3, -0.25) is 4.79 Å². The first-order chi connectivity index (χ1) is 10.8. The number of hydrogen-bond donors (Lipinski definition) is 1. The summed E-state index contributed by atoms with van der Waals surface area (Å²) in [5.41, 5.74) is 2.21. The summed E-state index contributed by atoms with van der Waals surface area (Å²) in [5.74, 6) is 0.227. The molecule has 2 unspecified atom stereocenters. The number of benzene rings is 1. The maximum absolute atomic E-state index is 13.2. The van der Waals surface area contributed by atoms with Gasteiger partial charge in [-0.05, 0) is 42.8 Å². The Bertz CT molecular complexity index is 659. The molecule has 0 radical (unpaired) electrons. The maximum atomic E-state index is 13.2. The van der Waals surface area contributed by atoms with E-state index >= 15 is 0 Å². The molecule has 2 aliphatic rings. The second kappa shape index (κ2) is 7.04. The molecule has 2 atom stereocenters. The lowest BCUT2D eigenvalue weighted by atomic mass is 10.1. The van der Waals surface area contributed by atoms with Gasteiger partial charge in [0.2, 0.25) is 0 Å². The third-order valence-corrected chi connectivity index (χ3v) is 5.74. The Hall–Kier alpha value is -1.36. The minimum Gasteiger partial charge on any atom is -0.331 e. The van der Waals surface area contributed by atoms with E-state index in [1.54, 1.807) is 11.3 Å². The monoisotopic (exact) mass is 348 g/mol. The number of thiophene rings is 1. The van der Waals surface area contributed by atoms with Crippen LogP contribution < -0.4 is 5.32 Å². The van der Waals surface area contributed by atoms with Crippen LogP contribution >= 0.6 is 23.7 Å². The average molecular weight is 349 g/mol. The average Bonchev–Trinajstić information content (AvgIpc) is 3.11. The number of carbonyl (C=O) groups is 1. The molecule has 0 aliphatic carbocycles. The van der Waals surface area contributed by atoms with Crippen molar-refractivity contribution in [1.29, 1.82) is 0 Å². The van der Waals surface area contributed by atoms with Crippen LogP contribution in [0.25, 0.3) is 11.1 Å². The van der Waals surface area contributed by atoms with Crippen LogP contribution in [0.1, 0.15) is 28.9 Å². The molecule has 0 spiro atoms. The number of rotatable bonds is 2. The number of nitrogens with one attached hydrogen (secondary N) is 1.